The lowest BCUT2D eigenvalue weighted by Gasteiger charge is -2.27. The number of carbonyl (C=O) groups excluding carboxylic acids is 2. The second-order valence-electron chi connectivity index (χ2n) is 6.87. The highest BCUT2D eigenvalue weighted by molar-refractivity contribution is 5.89. The summed E-state index contributed by atoms with van der Waals surface area (Å²) in [7, 11) is 1.82. The molecule has 2 unspecified atom stereocenters. The van der Waals surface area contributed by atoms with Gasteiger partial charge in [0, 0.05) is 38.6 Å². The molecule has 5 nitrogen and oxygen atoms in total. The van der Waals surface area contributed by atoms with Crippen LogP contribution in [0.15, 0.2) is 0 Å². The van der Waals surface area contributed by atoms with Crippen molar-refractivity contribution >= 4 is 11.8 Å². The smallest absolute Gasteiger partial charge is 0.227 e. The van der Waals surface area contributed by atoms with Crippen LogP contribution in [0.5, 0.6) is 0 Å². The topological polar surface area (TPSA) is 66.6 Å². The number of likely N-dealkylation sites (tertiary alicyclic amines) is 1. The molecule has 1 aliphatic heterocycles. The maximum absolute atomic E-state index is 12.5. The predicted molar refractivity (Wildman–Crippen MR) is 89.3 cm³/mol. The van der Waals surface area contributed by atoms with Crippen molar-refractivity contribution in [3.8, 4) is 0 Å². The average Bonchev–Trinajstić information content (AvgIpc) is 2.86. The van der Waals surface area contributed by atoms with Crippen LogP contribution in [-0.4, -0.2) is 53.8 Å². The molecule has 0 aromatic rings. The van der Waals surface area contributed by atoms with Gasteiger partial charge in [-0.15, -0.1) is 0 Å². The lowest BCUT2D eigenvalue weighted by Crippen LogP contribution is -2.40. The highest BCUT2D eigenvalue weighted by atomic mass is 16.2. The van der Waals surface area contributed by atoms with Crippen LogP contribution in [0.25, 0.3) is 0 Å². The van der Waals surface area contributed by atoms with Gasteiger partial charge in [-0.3, -0.25) is 9.59 Å². The Hall–Kier alpha value is -1.10. The first-order valence-corrected chi connectivity index (χ1v) is 8.61. The summed E-state index contributed by atoms with van der Waals surface area (Å²) < 4.78 is 0. The Morgan fingerprint density at radius 1 is 1.36 bits per heavy atom. The van der Waals surface area contributed by atoms with Gasteiger partial charge in [0.2, 0.25) is 11.8 Å². The Kier molecular flexibility index (Phi) is 7.33. The van der Waals surface area contributed by atoms with E-state index in [0.717, 1.165) is 19.3 Å². The fraction of sp³-hybridized carbons (Fsp3) is 0.882. The van der Waals surface area contributed by atoms with Crippen molar-refractivity contribution in [3.05, 3.63) is 0 Å². The number of hydrogen-bond donors (Lipinski definition) is 1. The monoisotopic (exact) mass is 311 g/mol. The standard InChI is InChI=1S/C17H33N3O2/c1-6-14(7-2)20-11-13(10-16(20)21)17(22)19(5)9-8-15(18)12(3)4/h12-15H,6-11,18H2,1-5H3. The quantitative estimate of drug-likeness (QED) is 0.744. The predicted octanol–water partition coefficient (Wildman–Crippen LogP) is 1.86. The first kappa shape index (κ1) is 18.9. The van der Waals surface area contributed by atoms with Crippen molar-refractivity contribution in [2.45, 2.75) is 65.5 Å². The summed E-state index contributed by atoms with van der Waals surface area (Å²) in [6.07, 6.45) is 3.05. The van der Waals surface area contributed by atoms with E-state index in [1.165, 1.54) is 0 Å². The molecule has 1 aliphatic rings. The van der Waals surface area contributed by atoms with E-state index in [1.807, 2.05) is 11.9 Å². The Labute approximate surface area is 135 Å². The zero-order valence-electron chi connectivity index (χ0n) is 14.8. The Balaban J connectivity index is 2.54. The van der Waals surface area contributed by atoms with Gasteiger partial charge in [-0.05, 0) is 25.2 Å². The summed E-state index contributed by atoms with van der Waals surface area (Å²) in [5.41, 5.74) is 6.04. The molecule has 2 amide bonds. The molecule has 1 fully saturated rings. The van der Waals surface area contributed by atoms with Gasteiger partial charge >= 0.3 is 0 Å². The van der Waals surface area contributed by atoms with Gasteiger partial charge in [0.15, 0.2) is 0 Å². The molecule has 1 rings (SSSR count). The van der Waals surface area contributed by atoms with Crippen LogP contribution in [0.4, 0.5) is 0 Å². The molecular weight excluding hydrogens is 278 g/mol. The normalized spacial score (nSPS) is 20.1. The van der Waals surface area contributed by atoms with Gasteiger partial charge in [0.25, 0.3) is 0 Å². The first-order chi connectivity index (χ1) is 10.3. The van der Waals surface area contributed by atoms with E-state index >= 15 is 0 Å². The molecule has 1 heterocycles. The molecule has 0 radical (unpaired) electrons. The largest absolute Gasteiger partial charge is 0.345 e. The third-order valence-corrected chi connectivity index (χ3v) is 4.92. The molecule has 0 aromatic heterocycles. The minimum absolute atomic E-state index is 0.0813. The van der Waals surface area contributed by atoms with E-state index in [4.69, 9.17) is 5.73 Å². The third-order valence-electron chi connectivity index (χ3n) is 4.92. The summed E-state index contributed by atoms with van der Waals surface area (Å²) in [6, 6.07) is 0.381. The van der Waals surface area contributed by atoms with E-state index < -0.39 is 0 Å². The van der Waals surface area contributed by atoms with Gasteiger partial charge in [-0.2, -0.15) is 0 Å². The Morgan fingerprint density at radius 2 is 1.95 bits per heavy atom. The zero-order valence-corrected chi connectivity index (χ0v) is 14.8. The molecule has 5 heteroatoms. The number of nitrogens with two attached hydrogens (primary N) is 1. The van der Waals surface area contributed by atoms with Gasteiger partial charge in [0.1, 0.15) is 0 Å². The number of carbonyl (C=O) groups is 2. The van der Waals surface area contributed by atoms with Crippen LogP contribution >= 0.6 is 0 Å². The van der Waals surface area contributed by atoms with Gasteiger partial charge < -0.3 is 15.5 Å². The molecule has 2 N–H and O–H groups in total. The zero-order chi connectivity index (χ0) is 16.9. The fourth-order valence-corrected chi connectivity index (χ4v) is 3.08. The number of rotatable bonds is 8. The molecule has 0 bridgehead atoms. The van der Waals surface area contributed by atoms with E-state index in [0.29, 0.717) is 25.4 Å². The second-order valence-corrected chi connectivity index (χ2v) is 6.87. The molecule has 0 saturated carbocycles. The molecule has 128 valence electrons. The fourth-order valence-electron chi connectivity index (χ4n) is 3.08. The second kappa shape index (κ2) is 8.51. The van der Waals surface area contributed by atoms with Gasteiger partial charge in [0.05, 0.1) is 5.92 Å². The van der Waals surface area contributed by atoms with Crippen LogP contribution in [-0.2, 0) is 9.59 Å². The molecule has 2 atom stereocenters. The Morgan fingerprint density at radius 3 is 2.45 bits per heavy atom. The SMILES string of the molecule is CCC(CC)N1CC(C(=O)N(C)CCC(N)C(C)C)CC1=O. The molecule has 0 aliphatic carbocycles. The lowest BCUT2D eigenvalue weighted by molar-refractivity contribution is -0.134. The average molecular weight is 311 g/mol. The molecule has 1 saturated heterocycles. The number of nitrogens with zero attached hydrogens (tertiary/aromatic N) is 2. The highest BCUT2D eigenvalue weighted by Gasteiger charge is 2.37. The third kappa shape index (κ3) is 4.70. The van der Waals surface area contributed by atoms with Crippen LogP contribution < -0.4 is 5.73 Å². The summed E-state index contributed by atoms with van der Waals surface area (Å²) in [4.78, 5) is 28.3. The maximum atomic E-state index is 12.5. The van der Waals surface area contributed by atoms with Crippen molar-refractivity contribution < 1.29 is 9.59 Å². The van der Waals surface area contributed by atoms with Crippen LogP contribution in [0, 0.1) is 11.8 Å². The van der Waals surface area contributed by atoms with E-state index in [1.54, 1.807) is 4.90 Å². The molecular formula is C17H33N3O2. The van der Waals surface area contributed by atoms with E-state index in [2.05, 4.69) is 27.7 Å². The lowest BCUT2D eigenvalue weighted by atomic mass is 10.0. The van der Waals surface area contributed by atoms with E-state index in [-0.39, 0.29) is 29.8 Å². The molecule has 22 heavy (non-hydrogen) atoms. The van der Waals surface area contributed by atoms with Crippen molar-refractivity contribution in [1.29, 1.82) is 0 Å². The number of amides is 2. The van der Waals surface area contributed by atoms with Crippen LogP contribution in [0.2, 0.25) is 0 Å². The van der Waals surface area contributed by atoms with E-state index in [9.17, 15) is 9.59 Å². The van der Waals surface area contributed by atoms with Crippen LogP contribution in [0.3, 0.4) is 0 Å². The summed E-state index contributed by atoms with van der Waals surface area (Å²) in [5.74, 6) is 0.437. The minimum atomic E-state index is -0.187. The van der Waals surface area contributed by atoms with Crippen LogP contribution in [0.1, 0.15) is 53.4 Å². The minimum Gasteiger partial charge on any atom is -0.345 e. The van der Waals surface area contributed by atoms with Crippen molar-refractivity contribution in [2.75, 3.05) is 20.1 Å². The highest BCUT2D eigenvalue weighted by Crippen LogP contribution is 2.24. The van der Waals surface area contributed by atoms with Gasteiger partial charge in [-0.1, -0.05) is 27.7 Å². The molecule has 0 spiro atoms. The first-order valence-electron chi connectivity index (χ1n) is 8.61. The van der Waals surface area contributed by atoms with Gasteiger partial charge in [-0.25, -0.2) is 0 Å². The van der Waals surface area contributed by atoms with Crippen molar-refractivity contribution in [1.82, 2.24) is 9.80 Å². The summed E-state index contributed by atoms with van der Waals surface area (Å²) in [5, 5.41) is 0. The van der Waals surface area contributed by atoms with Crippen molar-refractivity contribution in [2.24, 2.45) is 17.6 Å². The molecule has 0 aromatic carbocycles. The van der Waals surface area contributed by atoms with Crippen molar-refractivity contribution in [3.63, 3.8) is 0 Å². The summed E-state index contributed by atoms with van der Waals surface area (Å²) >= 11 is 0. The maximum Gasteiger partial charge on any atom is 0.227 e. The summed E-state index contributed by atoms with van der Waals surface area (Å²) in [6.45, 7) is 9.61. The number of hydrogen-bond acceptors (Lipinski definition) is 3. The Bertz CT molecular complexity index is 380.